The maximum absolute atomic E-state index is 12.9. The minimum atomic E-state index is 0.160. The predicted molar refractivity (Wildman–Crippen MR) is 106 cm³/mol. The molecule has 0 atom stereocenters. The summed E-state index contributed by atoms with van der Waals surface area (Å²) in [4.78, 5) is 20.8. The van der Waals surface area contributed by atoms with Crippen molar-refractivity contribution in [1.29, 1.82) is 0 Å². The largest absolute Gasteiger partial charge is 0.361 e. The molecule has 1 amide bonds. The first-order valence-electron chi connectivity index (χ1n) is 9.98. The molecule has 2 saturated heterocycles. The van der Waals surface area contributed by atoms with E-state index in [0.717, 1.165) is 50.3 Å². The molecule has 0 radical (unpaired) electrons. The molecular formula is C21H30N4O. The summed E-state index contributed by atoms with van der Waals surface area (Å²) in [6, 6.07) is 6.74. The van der Waals surface area contributed by atoms with E-state index < -0.39 is 0 Å². The van der Waals surface area contributed by atoms with Crippen molar-refractivity contribution >= 4 is 16.8 Å². The van der Waals surface area contributed by atoms with E-state index in [2.05, 4.69) is 41.3 Å². The summed E-state index contributed by atoms with van der Waals surface area (Å²) in [6.45, 7) is 10.2. The molecule has 2 aromatic rings. The second-order valence-corrected chi connectivity index (χ2v) is 7.95. The highest BCUT2D eigenvalue weighted by atomic mass is 16.2. The lowest BCUT2D eigenvalue weighted by molar-refractivity contribution is 0.0595. The van der Waals surface area contributed by atoms with Gasteiger partial charge < -0.3 is 15.2 Å². The van der Waals surface area contributed by atoms with Gasteiger partial charge in [0.05, 0.1) is 0 Å². The van der Waals surface area contributed by atoms with Crippen molar-refractivity contribution in [2.75, 3.05) is 39.3 Å². The Labute approximate surface area is 155 Å². The number of amides is 1. The van der Waals surface area contributed by atoms with Gasteiger partial charge in [-0.25, -0.2) is 0 Å². The van der Waals surface area contributed by atoms with Gasteiger partial charge in [0.25, 0.3) is 5.91 Å². The molecule has 140 valence electrons. The number of piperazine rings is 1. The molecule has 5 heteroatoms. The fraction of sp³-hybridized carbons (Fsp3) is 0.571. The highest BCUT2D eigenvalue weighted by Gasteiger charge is 2.24. The zero-order chi connectivity index (χ0) is 18.1. The van der Waals surface area contributed by atoms with Crippen LogP contribution in [0.4, 0.5) is 0 Å². The standard InChI is InChI=1S/C21H30N4O/c1-15(2)24-9-11-25(12-10-24)21(26)17-3-4-18-19(14-23-20(18)13-17)16-5-7-22-8-6-16/h3-4,13-16,22-23H,5-12H2,1-2H3. The topological polar surface area (TPSA) is 51.4 Å². The first kappa shape index (κ1) is 17.6. The van der Waals surface area contributed by atoms with Crippen molar-refractivity contribution in [3.63, 3.8) is 0 Å². The van der Waals surface area contributed by atoms with E-state index in [0.29, 0.717) is 12.0 Å². The first-order chi connectivity index (χ1) is 12.6. The third-order valence-electron chi connectivity index (χ3n) is 6.07. The average Bonchev–Trinajstić information content (AvgIpc) is 3.11. The van der Waals surface area contributed by atoms with Crippen molar-refractivity contribution in [2.24, 2.45) is 0 Å². The second-order valence-electron chi connectivity index (χ2n) is 7.95. The Morgan fingerprint density at radius 1 is 1.12 bits per heavy atom. The summed E-state index contributed by atoms with van der Waals surface area (Å²) < 4.78 is 0. The molecule has 1 aromatic carbocycles. The molecule has 0 spiro atoms. The van der Waals surface area contributed by atoms with Gasteiger partial charge >= 0.3 is 0 Å². The number of fused-ring (bicyclic) bond motifs is 1. The van der Waals surface area contributed by atoms with Gasteiger partial charge in [-0.05, 0) is 63.4 Å². The maximum Gasteiger partial charge on any atom is 0.254 e. The van der Waals surface area contributed by atoms with E-state index in [1.165, 1.54) is 23.8 Å². The number of piperidine rings is 1. The van der Waals surface area contributed by atoms with Crippen LogP contribution in [-0.2, 0) is 0 Å². The Kier molecular flexibility index (Phi) is 5.00. The van der Waals surface area contributed by atoms with E-state index in [1.807, 2.05) is 17.0 Å². The molecule has 2 N–H and O–H groups in total. The maximum atomic E-state index is 12.9. The number of aromatic amines is 1. The number of aromatic nitrogens is 1. The van der Waals surface area contributed by atoms with Crippen LogP contribution in [0.15, 0.2) is 24.4 Å². The fourth-order valence-electron chi connectivity index (χ4n) is 4.38. The number of H-pyrrole nitrogens is 1. The van der Waals surface area contributed by atoms with E-state index in [9.17, 15) is 4.79 Å². The minimum absolute atomic E-state index is 0.160. The van der Waals surface area contributed by atoms with Crippen LogP contribution < -0.4 is 5.32 Å². The number of hydrogen-bond donors (Lipinski definition) is 2. The van der Waals surface area contributed by atoms with Crippen molar-refractivity contribution in [3.8, 4) is 0 Å². The van der Waals surface area contributed by atoms with Crippen LogP contribution in [0.2, 0.25) is 0 Å². The second kappa shape index (κ2) is 7.41. The van der Waals surface area contributed by atoms with Crippen molar-refractivity contribution in [1.82, 2.24) is 20.1 Å². The number of benzene rings is 1. The highest BCUT2D eigenvalue weighted by Crippen LogP contribution is 2.32. The fourth-order valence-corrected chi connectivity index (χ4v) is 4.38. The Hall–Kier alpha value is -1.85. The Bertz CT molecular complexity index is 767. The highest BCUT2D eigenvalue weighted by molar-refractivity contribution is 5.98. The summed E-state index contributed by atoms with van der Waals surface area (Å²) in [6.07, 6.45) is 4.53. The molecular weight excluding hydrogens is 324 g/mol. The zero-order valence-corrected chi connectivity index (χ0v) is 15.9. The quantitative estimate of drug-likeness (QED) is 0.891. The van der Waals surface area contributed by atoms with Gasteiger partial charge in [-0.2, -0.15) is 0 Å². The number of rotatable bonds is 3. The molecule has 3 heterocycles. The van der Waals surface area contributed by atoms with Gasteiger partial charge in [0.15, 0.2) is 0 Å². The summed E-state index contributed by atoms with van der Waals surface area (Å²) in [5, 5.41) is 4.71. The smallest absolute Gasteiger partial charge is 0.254 e. The number of carbonyl (C=O) groups excluding carboxylic acids is 1. The van der Waals surface area contributed by atoms with Crippen molar-refractivity contribution in [3.05, 3.63) is 35.5 Å². The number of carbonyl (C=O) groups is 1. The molecule has 0 bridgehead atoms. The molecule has 0 unspecified atom stereocenters. The number of hydrogen-bond acceptors (Lipinski definition) is 3. The van der Waals surface area contributed by atoms with E-state index >= 15 is 0 Å². The van der Waals surface area contributed by atoms with Crippen LogP contribution >= 0.6 is 0 Å². The lowest BCUT2D eigenvalue weighted by Crippen LogP contribution is -2.50. The molecule has 1 aromatic heterocycles. The first-order valence-corrected chi connectivity index (χ1v) is 9.98. The SMILES string of the molecule is CC(C)N1CCN(C(=O)c2ccc3c(C4CCNCC4)c[nH]c3c2)CC1. The van der Waals surface area contributed by atoms with Crippen LogP contribution in [0.5, 0.6) is 0 Å². The third kappa shape index (κ3) is 3.38. The monoisotopic (exact) mass is 354 g/mol. The Morgan fingerprint density at radius 2 is 1.85 bits per heavy atom. The molecule has 5 nitrogen and oxygen atoms in total. The Morgan fingerprint density at radius 3 is 2.54 bits per heavy atom. The van der Waals surface area contributed by atoms with Gasteiger partial charge in [-0.3, -0.25) is 9.69 Å². The average molecular weight is 354 g/mol. The van der Waals surface area contributed by atoms with Crippen LogP contribution in [-0.4, -0.2) is 66.0 Å². The lowest BCUT2D eigenvalue weighted by Gasteiger charge is -2.37. The van der Waals surface area contributed by atoms with Crippen LogP contribution in [0, 0.1) is 0 Å². The summed E-state index contributed by atoms with van der Waals surface area (Å²) in [7, 11) is 0. The van der Waals surface area contributed by atoms with Crippen molar-refractivity contribution < 1.29 is 4.79 Å². The summed E-state index contributed by atoms with van der Waals surface area (Å²) >= 11 is 0. The summed E-state index contributed by atoms with van der Waals surface area (Å²) in [5.41, 5.74) is 3.30. The van der Waals surface area contributed by atoms with E-state index in [1.54, 1.807) is 0 Å². The van der Waals surface area contributed by atoms with E-state index in [-0.39, 0.29) is 5.91 Å². The number of nitrogens with one attached hydrogen (secondary N) is 2. The number of nitrogens with zero attached hydrogens (tertiary/aromatic N) is 2. The molecule has 2 fully saturated rings. The van der Waals surface area contributed by atoms with Gasteiger partial charge in [0.1, 0.15) is 0 Å². The van der Waals surface area contributed by atoms with Gasteiger partial charge in [0, 0.05) is 54.9 Å². The Balaban J connectivity index is 1.50. The van der Waals surface area contributed by atoms with Crippen LogP contribution in [0.3, 0.4) is 0 Å². The molecule has 0 aliphatic carbocycles. The molecule has 0 saturated carbocycles. The molecule has 4 rings (SSSR count). The van der Waals surface area contributed by atoms with Gasteiger partial charge in [-0.1, -0.05) is 6.07 Å². The van der Waals surface area contributed by atoms with Crippen LogP contribution in [0.25, 0.3) is 10.9 Å². The lowest BCUT2D eigenvalue weighted by atomic mass is 9.90. The molecule has 2 aliphatic heterocycles. The predicted octanol–water partition coefficient (Wildman–Crippen LogP) is 2.80. The molecule has 2 aliphatic rings. The third-order valence-corrected chi connectivity index (χ3v) is 6.07. The summed E-state index contributed by atoms with van der Waals surface area (Å²) in [5.74, 6) is 0.781. The zero-order valence-electron chi connectivity index (χ0n) is 15.9. The normalized spacial score (nSPS) is 20.2. The van der Waals surface area contributed by atoms with Gasteiger partial charge in [0.2, 0.25) is 0 Å². The minimum Gasteiger partial charge on any atom is -0.361 e. The van der Waals surface area contributed by atoms with Crippen molar-refractivity contribution in [2.45, 2.75) is 38.6 Å². The van der Waals surface area contributed by atoms with Gasteiger partial charge in [-0.15, -0.1) is 0 Å². The van der Waals surface area contributed by atoms with Crippen LogP contribution in [0.1, 0.15) is 48.5 Å². The van der Waals surface area contributed by atoms with E-state index in [4.69, 9.17) is 0 Å². The molecule has 26 heavy (non-hydrogen) atoms.